The molecule has 1 aliphatic heterocycles. The molecule has 0 radical (unpaired) electrons. The molecule has 1 saturated heterocycles. The lowest BCUT2D eigenvalue weighted by atomic mass is 10.1. The van der Waals surface area contributed by atoms with Gasteiger partial charge in [0.25, 0.3) is 0 Å². The molecule has 0 atom stereocenters. The molecule has 14 heteroatoms. The molecule has 226 valence electrons. The summed E-state index contributed by atoms with van der Waals surface area (Å²) >= 11 is 0. The van der Waals surface area contributed by atoms with E-state index in [2.05, 4.69) is 24.8 Å². The summed E-state index contributed by atoms with van der Waals surface area (Å²) in [4.78, 5) is 24.7. The fourth-order valence-electron chi connectivity index (χ4n) is 5.65. The lowest BCUT2D eigenvalue weighted by molar-refractivity contribution is -0.141. The molecular formula is C30H28F3N9O2. The highest BCUT2D eigenvalue weighted by atomic mass is 19.4. The lowest BCUT2D eigenvalue weighted by Gasteiger charge is -2.28. The summed E-state index contributed by atoms with van der Waals surface area (Å²) in [6.45, 7) is 1.25. The Labute approximate surface area is 249 Å². The van der Waals surface area contributed by atoms with E-state index in [9.17, 15) is 13.2 Å². The molecule has 3 aliphatic rings. The standard InChI is InChI=1S/C30H28F3N9O2/c1-43-29-23(24(18-6-7-18)35-16-36-29)25-38-28(27-34-10-11-42(27)39-25)40(20-8-9-20)12-17-2-4-19(5-3-17)26-37-22(30(31,32)33)13-41(26)21-14-44-15-21/h2-5,10-11,13,16,18,20-21H,6-9,12,14-15H2,1H3. The number of anilines is 1. The first kappa shape index (κ1) is 27.0. The summed E-state index contributed by atoms with van der Waals surface area (Å²) in [6, 6.07) is 7.60. The third kappa shape index (κ3) is 4.82. The van der Waals surface area contributed by atoms with Gasteiger partial charge in [-0.15, -0.1) is 5.10 Å². The van der Waals surface area contributed by atoms with Crippen LogP contribution in [0.5, 0.6) is 5.88 Å². The molecule has 0 unspecified atom stereocenters. The molecule has 0 bridgehead atoms. The van der Waals surface area contributed by atoms with Gasteiger partial charge in [0.2, 0.25) is 5.88 Å². The summed E-state index contributed by atoms with van der Waals surface area (Å²) in [5.41, 5.74) is 2.89. The molecule has 0 amide bonds. The molecule has 3 fully saturated rings. The first-order chi connectivity index (χ1) is 21.4. The molecule has 44 heavy (non-hydrogen) atoms. The molecule has 4 aromatic heterocycles. The SMILES string of the molecule is COc1ncnc(C2CC2)c1-c1nc(N(Cc2ccc(-c3nc(C(F)(F)F)cn3C3COC3)cc2)C2CC2)c2nccn2n1. The Hall–Kier alpha value is -4.59. The van der Waals surface area contributed by atoms with Gasteiger partial charge in [-0.3, -0.25) is 0 Å². The minimum atomic E-state index is -4.53. The van der Waals surface area contributed by atoms with Crippen LogP contribution in [0.1, 0.15) is 54.6 Å². The summed E-state index contributed by atoms with van der Waals surface area (Å²) in [5, 5.41) is 4.77. The van der Waals surface area contributed by atoms with Gasteiger partial charge in [-0.1, -0.05) is 24.3 Å². The fraction of sp³-hybridized carbons (Fsp3) is 0.400. The highest BCUT2D eigenvalue weighted by Crippen LogP contribution is 2.45. The summed E-state index contributed by atoms with van der Waals surface area (Å²) in [5.74, 6) is 2.19. The van der Waals surface area contributed by atoms with Crippen molar-refractivity contribution in [3.05, 3.63) is 66.1 Å². The van der Waals surface area contributed by atoms with Crippen LogP contribution in [0.4, 0.5) is 19.0 Å². The maximum absolute atomic E-state index is 13.5. The van der Waals surface area contributed by atoms with Gasteiger partial charge in [0.15, 0.2) is 23.0 Å². The summed E-state index contributed by atoms with van der Waals surface area (Å²) < 4.78 is 54.7. The predicted molar refractivity (Wildman–Crippen MR) is 152 cm³/mol. The Bertz CT molecular complexity index is 1840. The quantitative estimate of drug-likeness (QED) is 0.228. The average molecular weight is 604 g/mol. The van der Waals surface area contributed by atoms with Crippen LogP contribution in [-0.2, 0) is 17.5 Å². The highest BCUT2D eigenvalue weighted by Gasteiger charge is 2.38. The molecular weight excluding hydrogens is 575 g/mol. The zero-order valence-corrected chi connectivity index (χ0v) is 23.8. The molecule has 0 N–H and O–H groups in total. The summed E-state index contributed by atoms with van der Waals surface area (Å²) in [6.07, 6.45) is 5.67. The molecule has 1 aromatic carbocycles. The van der Waals surface area contributed by atoms with E-state index in [4.69, 9.17) is 19.6 Å². The van der Waals surface area contributed by atoms with Crippen LogP contribution in [0.3, 0.4) is 0 Å². The second kappa shape index (κ2) is 10.3. The second-order valence-electron chi connectivity index (χ2n) is 11.5. The number of ether oxygens (including phenoxy) is 2. The van der Waals surface area contributed by atoms with Crippen LogP contribution >= 0.6 is 0 Å². The van der Waals surface area contributed by atoms with Gasteiger partial charge in [0.1, 0.15) is 17.7 Å². The van der Waals surface area contributed by atoms with E-state index in [1.54, 1.807) is 28.6 Å². The van der Waals surface area contributed by atoms with Crippen LogP contribution < -0.4 is 9.64 Å². The van der Waals surface area contributed by atoms with Crippen molar-refractivity contribution in [3.8, 4) is 28.7 Å². The molecule has 0 spiro atoms. The minimum Gasteiger partial charge on any atom is -0.480 e. The van der Waals surface area contributed by atoms with Crippen molar-refractivity contribution in [2.75, 3.05) is 25.2 Å². The minimum absolute atomic E-state index is 0.170. The van der Waals surface area contributed by atoms with E-state index >= 15 is 0 Å². The predicted octanol–water partition coefficient (Wildman–Crippen LogP) is 5.09. The first-order valence-corrected chi connectivity index (χ1v) is 14.6. The second-order valence-corrected chi connectivity index (χ2v) is 11.5. The van der Waals surface area contributed by atoms with E-state index in [1.165, 1.54) is 6.33 Å². The van der Waals surface area contributed by atoms with E-state index in [0.29, 0.717) is 60.0 Å². The largest absolute Gasteiger partial charge is 0.480 e. The Balaban J connectivity index is 1.15. The van der Waals surface area contributed by atoms with Crippen LogP contribution in [-0.4, -0.2) is 65.5 Å². The van der Waals surface area contributed by atoms with Crippen LogP contribution in [0.15, 0.2) is 49.2 Å². The van der Waals surface area contributed by atoms with Crippen LogP contribution in [0.25, 0.3) is 28.4 Å². The Morgan fingerprint density at radius 3 is 2.48 bits per heavy atom. The number of fused-ring (bicyclic) bond motifs is 1. The number of aromatic nitrogens is 8. The maximum atomic E-state index is 13.5. The van der Waals surface area contributed by atoms with Gasteiger partial charge in [0.05, 0.1) is 32.1 Å². The molecule has 5 aromatic rings. The van der Waals surface area contributed by atoms with Crippen LogP contribution in [0, 0.1) is 0 Å². The number of nitrogens with zero attached hydrogens (tertiary/aromatic N) is 9. The molecule has 2 saturated carbocycles. The third-order valence-electron chi connectivity index (χ3n) is 8.32. The van der Waals surface area contributed by atoms with E-state index in [0.717, 1.165) is 43.1 Å². The van der Waals surface area contributed by atoms with Crippen molar-refractivity contribution in [3.63, 3.8) is 0 Å². The number of halogens is 3. The van der Waals surface area contributed by atoms with E-state index in [-0.39, 0.29) is 17.9 Å². The Kier molecular flexibility index (Phi) is 6.29. The Morgan fingerprint density at radius 2 is 1.82 bits per heavy atom. The lowest BCUT2D eigenvalue weighted by Crippen LogP contribution is -2.30. The van der Waals surface area contributed by atoms with Crippen molar-refractivity contribution in [1.29, 1.82) is 0 Å². The maximum Gasteiger partial charge on any atom is 0.434 e. The zero-order chi connectivity index (χ0) is 30.0. The number of imidazole rings is 2. The van der Waals surface area contributed by atoms with Crippen LogP contribution in [0.2, 0.25) is 0 Å². The van der Waals surface area contributed by atoms with Gasteiger partial charge in [-0.05, 0) is 31.2 Å². The number of hydrogen-bond donors (Lipinski definition) is 0. The van der Waals surface area contributed by atoms with Crippen molar-refractivity contribution >= 4 is 11.5 Å². The highest BCUT2D eigenvalue weighted by molar-refractivity contribution is 5.72. The molecule has 5 heterocycles. The van der Waals surface area contributed by atoms with Crippen molar-refractivity contribution < 1.29 is 22.6 Å². The normalized spacial score (nSPS) is 17.2. The molecule has 2 aliphatic carbocycles. The fourth-order valence-corrected chi connectivity index (χ4v) is 5.65. The topological polar surface area (TPSA) is 108 Å². The number of benzene rings is 1. The zero-order valence-electron chi connectivity index (χ0n) is 23.8. The molecule has 8 rings (SSSR count). The van der Waals surface area contributed by atoms with E-state index < -0.39 is 11.9 Å². The smallest absolute Gasteiger partial charge is 0.434 e. The number of rotatable bonds is 9. The van der Waals surface area contributed by atoms with Gasteiger partial charge in [0, 0.05) is 42.7 Å². The number of methoxy groups -OCH3 is 1. The van der Waals surface area contributed by atoms with Gasteiger partial charge < -0.3 is 18.9 Å². The number of hydrogen-bond acceptors (Lipinski definition) is 9. The van der Waals surface area contributed by atoms with Gasteiger partial charge in [-0.25, -0.2) is 29.4 Å². The van der Waals surface area contributed by atoms with Gasteiger partial charge >= 0.3 is 6.18 Å². The monoisotopic (exact) mass is 603 g/mol. The molecule has 11 nitrogen and oxygen atoms in total. The first-order valence-electron chi connectivity index (χ1n) is 14.6. The average Bonchev–Trinajstić information content (AvgIpc) is 3.92. The Morgan fingerprint density at radius 1 is 1.02 bits per heavy atom. The van der Waals surface area contributed by atoms with Crippen molar-refractivity contribution in [2.24, 2.45) is 0 Å². The van der Waals surface area contributed by atoms with Crippen molar-refractivity contribution in [1.82, 2.24) is 39.1 Å². The summed E-state index contributed by atoms with van der Waals surface area (Å²) in [7, 11) is 1.58. The van der Waals surface area contributed by atoms with Gasteiger partial charge in [-0.2, -0.15) is 13.2 Å². The van der Waals surface area contributed by atoms with E-state index in [1.807, 2.05) is 24.3 Å². The van der Waals surface area contributed by atoms with Crippen molar-refractivity contribution in [2.45, 2.75) is 56.4 Å². The third-order valence-corrected chi connectivity index (χ3v) is 8.32. The number of alkyl halides is 3.